The van der Waals surface area contributed by atoms with E-state index in [1.807, 2.05) is 0 Å². The van der Waals surface area contributed by atoms with Crippen LogP contribution in [0.1, 0.15) is 13.8 Å². The molecule has 0 N–H and O–H groups in total. The number of rotatable bonds is 3. The lowest BCUT2D eigenvalue weighted by Gasteiger charge is -1.99. The first-order valence-corrected chi connectivity index (χ1v) is 4.86. The van der Waals surface area contributed by atoms with Crippen LogP contribution in [0.4, 0.5) is 4.39 Å². The summed E-state index contributed by atoms with van der Waals surface area (Å²) in [7, 11) is -0.529. The van der Waals surface area contributed by atoms with Gasteiger partial charge in [0.05, 0.1) is 15.1 Å². The molecule has 1 radical (unpaired) electrons. The van der Waals surface area contributed by atoms with Gasteiger partial charge in [-0.1, -0.05) is 25.9 Å². The van der Waals surface area contributed by atoms with Crippen molar-refractivity contribution in [1.82, 2.24) is 0 Å². The first-order valence-electron chi connectivity index (χ1n) is 2.74. The van der Waals surface area contributed by atoms with Gasteiger partial charge in [0.25, 0.3) is 0 Å². The van der Waals surface area contributed by atoms with E-state index in [9.17, 15) is 4.39 Å². The second kappa shape index (κ2) is 4.31. The molecular formula is C5H12FSi. The third kappa shape index (κ3) is 2.80. The summed E-state index contributed by atoms with van der Waals surface area (Å²) < 4.78 is 11.7. The molecule has 0 heterocycles. The van der Waals surface area contributed by atoms with E-state index >= 15 is 0 Å². The fraction of sp³-hybridized carbons (Fsp3) is 1.00. The third-order valence-electron chi connectivity index (χ3n) is 1.19. The topological polar surface area (TPSA) is 0 Å². The summed E-state index contributed by atoms with van der Waals surface area (Å²) in [6.45, 7) is 4.13. The van der Waals surface area contributed by atoms with Crippen LogP contribution in [0, 0.1) is 0 Å². The lowest BCUT2D eigenvalue weighted by atomic mass is 10.9. The Morgan fingerprint density at radius 1 is 1.29 bits per heavy atom. The van der Waals surface area contributed by atoms with Crippen molar-refractivity contribution < 1.29 is 4.39 Å². The standard InChI is InChI=1S/C5H12FSi/c1-3-7(4-2)5-6/h3-5H2,1-2H3. The molecule has 0 rings (SSSR count). The minimum Gasteiger partial charge on any atom is -0.255 e. The predicted molar refractivity (Wildman–Crippen MR) is 32.7 cm³/mol. The zero-order valence-corrected chi connectivity index (χ0v) is 6.00. The minimum atomic E-state index is -0.529. The summed E-state index contributed by atoms with van der Waals surface area (Å²) in [5.74, 6) is 0. The third-order valence-corrected chi connectivity index (χ3v) is 3.57. The first-order chi connectivity index (χ1) is 3.35. The minimum absolute atomic E-state index is 0.0440. The van der Waals surface area contributed by atoms with Crippen LogP contribution in [0.5, 0.6) is 0 Å². The van der Waals surface area contributed by atoms with Crippen LogP contribution >= 0.6 is 0 Å². The molecule has 0 amide bonds. The van der Waals surface area contributed by atoms with Gasteiger partial charge in [-0.2, -0.15) is 0 Å². The van der Waals surface area contributed by atoms with E-state index in [1.54, 1.807) is 0 Å². The van der Waals surface area contributed by atoms with Gasteiger partial charge < -0.3 is 0 Å². The van der Waals surface area contributed by atoms with Gasteiger partial charge >= 0.3 is 0 Å². The normalized spacial score (nSPS) is 10.3. The molecule has 0 aromatic rings. The lowest BCUT2D eigenvalue weighted by molar-refractivity contribution is 0.585. The van der Waals surface area contributed by atoms with Crippen LogP contribution in [-0.4, -0.2) is 15.1 Å². The molecule has 0 unspecified atom stereocenters. The fourth-order valence-corrected chi connectivity index (χ4v) is 1.32. The van der Waals surface area contributed by atoms with Crippen molar-refractivity contribution in [2.45, 2.75) is 25.9 Å². The highest BCUT2D eigenvalue weighted by Crippen LogP contribution is 1.96. The number of halogens is 1. The molecule has 0 saturated carbocycles. The van der Waals surface area contributed by atoms with Crippen molar-refractivity contribution in [3.05, 3.63) is 0 Å². The van der Waals surface area contributed by atoms with E-state index in [4.69, 9.17) is 0 Å². The maximum Gasteiger partial charge on any atom is 0.0870 e. The summed E-state index contributed by atoms with van der Waals surface area (Å²) in [6, 6.07) is 2.16. The molecule has 43 valence electrons. The molecule has 0 spiro atoms. The number of hydrogen-bond donors (Lipinski definition) is 0. The molecule has 0 aliphatic heterocycles. The summed E-state index contributed by atoms with van der Waals surface area (Å²) in [5, 5.41) is 0. The smallest absolute Gasteiger partial charge is 0.0870 e. The van der Waals surface area contributed by atoms with E-state index in [1.165, 1.54) is 0 Å². The lowest BCUT2D eigenvalue weighted by Crippen LogP contribution is -2.11. The molecule has 0 aromatic carbocycles. The van der Waals surface area contributed by atoms with Gasteiger partial charge in [-0.05, 0) is 0 Å². The Morgan fingerprint density at radius 2 is 1.71 bits per heavy atom. The molecule has 0 aliphatic rings. The van der Waals surface area contributed by atoms with E-state index in [0.717, 1.165) is 12.1 Å². The zero-order chi connectivity index (χ0) is 5.70. The molecule has 0 fully saturated rings. The SMILES string of the molecule is CC[Si](CC)CF. The Balaban J connectivity index is 2.99. The Bertz CT molecular complexity index is 29.6. The maximum absolute atomic E-state index is 11.7. The van der Waals surface area contributed by atoms with Crippen LogP contribution in [0.2, 0.25) is 12.1 Å². The van der Waals surface area contributed by atoms with Gasteiger partial charge in [0.15, 0.2) is 0 Å². The van der Waals surface area contributed by atoms with Crippen molar-refractivity contribution in [1.29, 1.82) is 0 Å². The Labute approximate surface area is 46.3 Å². The van der Waals surface area contributed by atoms with E-state index in [-0.39, 0.29) is 6.30 Å². The second-order valence-electron chi connectivity index (χ2n) is 1.59. The van der Waals surface area contributed by atoms with Crippen LogP contribution in [0.3, 0.4) is 0 Å². The summed E-state index contributed by atoms with van der Waals surface area (Å²) >= 11 is 0. The van der Waals surface area contributed by atoms with Crippen LogP contribution in [0.25, 0.3) is 0 Å². The fourth-order valence-electron chi connectivity index (χ4n) is 0.439. The van der Waals surface area contributed by atoms with Crippen molar-refractivity contribution in [3.63, 3.8) is 0 Å². The van der Waals surface area contributed by atoms with Gasteiger partial charge in [0.1, 0.15) is 0 Å². The van der Waals surface area contributed by atoms with Crippen molar-refractivity contribution in [3.8, 4) is 0 Å². The average Bonchev–Trinajstić information content (AvgIpc) is 1.72. The van der Waals surface area contributed by atoms with Crippen molar-refractivity contribution in [2.75, 3.05) is 6.30 Å². The second-order valence-corrected chi connectivity index (χ2v) is 4.77. The van der Waals surface area contributed by atoms with E-state index in [2.05, 4.69) is 13.8 Å². The van der Waals surface area contributed by atoms with Crippen LogP contribution in [0.15, 0.2) is 0 Å². The first kappa shape index (κ1) is 7.15. The highest BCUT2D eigenvalue weighted by atomic mass is 28.3. The summed E-state index contributed by atoms with van der Waals surface area (Å²) in [5.41, 5.74) is 0. The van der Waals surface area contributed by atoms with Crippen LogP contribution < -0.4 is 0 Å². The molecule has 0 atom stereocenters. The van der Waals surface area contributed by atoms with E-state index < -0.39 is 8.80 Å². The Morgan fingerprint density at radius 3 is 1.71 bits per heavy atom. The van der Waals surface area contributed by atoms with Gasteiger partial charge in [0.2, 0.25) is 0 Å². The Kier molecular flexibility index (Phi) is 4.40. The molecular weight excluding hydrogens is 107 g/mol. The molecule has 0 nitrogen and oxygen atoms in total. The highest BCUT2D eigenvalue weighted by molar-refractivity contribution is 6.58. The van der Waals surface area contributed by atoms with Crippen molar-refractivity contribution in [2.24, 2.45) is 0 Å². The largest absolute Gasteiger partial charge is 0.255 e. The summed E-state index contributed by atoms with van der Waals surface area (Å²) in [6.07, 6.45) is -0.0440. The zero-order valence-electron chi connectivity index (χ0n) is 5.00. The summed E-state index contributed by atoms with van der Waals surface area (Å²) in [4.78, 5) is 0. The average molecular weight is 119 g/mol. The van der Waals surface area contributed by atoms with Gasteiger partial charge in [-0.15, -0.1) is 0 Å². The molecule has 0 bridgehead atoms. The molecule has 0 aliphatic carbocycles. The van der Waals surface area contributed by atoms with Crippen molar-refractivity contribution >= 4 is 8.80 Å². The quantitative estimate of drug-likeness (QED) is 0.499. The molecule has 7 heavy (non-hydrogen) atoms. The monoisotopic (exact) mass is 119 g/mol. The number of alkyl halides is 1. The van der Waals surface area contributed by atoms with Gasteiger partial charge in [0, 0.05) is 0 Å². The van der Waals surface area contributed by atoms with Gasteiger partial charge in [-0.3, -0.25) is 4.39 Å². The molecule has 0 aromatic heterocycles. The van der Waals surface area contributed by atoms with Crippen LogP contribution in [-0.2, 0) is 0 Å². The number of hydrogen-bond acceptors (Lipinski definition) is 0. The highest BCUT2D eigenvalue weighted by Gasteiger charge is 2.02. The van der Waals surface area contributed by atoms with E-state index in [0.29, 0.717) is 0 Å². The van der Waals surface area contributed by atoms with Gasteiger partial charge in [-0.25, -0.2) is 0 Å². The maximum atomic E-state index is 11.7. The Hall–Kier alpha value is 0.147. The molecule has 0 saturated heterocycles. The molecule has 2 heteroatoms. The predicted octanol–water partition coefficient (Wildman–Crippen LogP) is 2.03.